The van der Waals surface area contributed by atoms with Crippen molar-refractivity contribution in [1.82, 2.24) is 24.7 Å². The van der Waals surface area contributed by atoms with Crippen molar-refractivity contribution in [2.45, 2.75) is 38.7 Å². The van der Waals surface area contributed by atoms with Gasteiger partial charge in [0.25, 0.3) is 0 Å². The van der Waals surface area contributed by atoms with E-state index in [2.05, 4.69) is 14.9 Å². The van der Waals surface area contributed by atoms with Gasteiger partial charge in [-0.05, 0) is 58.7 Å². The van der Waals surface area contributed by atoms with E-state index in [0.29, 0.717) is 38.3 Å². The fourth-order valence-electron chi connectivity index (χ4n) is 5.97. The van der Waals surface area contributed by atoms with Gasteiger partial charge < -0.3 is 24.3 Å². The minimum Gasteiger partial charge on any atom is -0.375 e. The van der Waals surface area contributed by atoms with Crippen molar-refractivity contribution in [3.8, 4) is 0 Å². The molecule has 1 saturated heterocycles. The van der Waals surface area contributed by atoms with Gasteiger partial charge in [0.2, 0.25) is 17.7 Å². The number of hydrogen-bond donors (Lipinski definition) is 0. The van der Waals surface area contributed by atoms with Crippen molar-refractivity contribution >= 4 is 29.5 Å². The lowest BCUT2D eigenvalue weighted by molar-refractivity contribution is -0.143. The number of halogens is 3. The van der Waals surface area contributed by atoms with E-state index in [-0.39, 0.29) is 37.9 Å². The zero-order valence-electron chi connectivity index (χ0n) is 29.8. The molecule has 1 atom stereocenters. The van der Waals surface area contributed by atoms with Crippen LogP contribution in [-0.2, 0) is 44.9 Å². The highest BCUT2D eigenvalue weighted by Crippen LogP contribution is 2.27. The number of amides is 3. The number of aromatic nitrogens is 2. The molecular weight excluding hydrogens is 685 g/mol. The van der Waals surface area contributed by atoms with Crippen LogP contribution in [0.15, 0.2) is 104 Å². The van der Waals surface area contributed by atoms with Gasteiger partial charge in [-0.1, -0.05) is 48.5 Å². The summed E-state index contributed by atoms with van der Waals surface area (Å²) in [6.45, 7) is 5.20. The molecule has 13 heteroatoms. The molecule has 4 aromatic rings. The van der Waals surface area contributed by atoms with Gasteiger partial charge in [-0.15, -0.1) is 0 Å². The Morgan fingerprint density at radius 2 is 1.58 bits per heavy atom. The standard InChI is InChI=1S/C40H43F3N6O4/c1-30(50)47-20-22-48(23-21-47)35-12-8-33(9-13-35)28-49(38(51)15-11-32-10-14-37(45-27-32)40(41,42)43)36(26-31-6-4-3-5-7-31)39(52)46(2)24-25-53-29-34-16-18-44-19-17-34/h3-19,27,36H,20-26,28-29H2,1-2H3/b15-11+/t36-/m0/s1. The molecule has 5 rings (SSSR count). The number of rotatable bonds is 14. The van der Waals surface area contributed by atoms with E-state index in [0.717, 1.165) is 34.6 Å². The predicted octanol–water partition coefficient (Wildman–Crippen LogP) is 5.49. The SMILES string of the molecule is CC(=O)N1CCN(c2ccc(CN(C(=O)/C=C/c3ccc(C(F)(F)F)nc3)[C@@H](Cc3ccccc3)C(=O)N(C)CCOCc3ccncc3)cc2)CC1. The molecular formula is C40H43F3N6O4. The normalized spacial score (nSPS) is 13.9. The zero-order valence-corrected chi connectivity index (χ0v) is 29.8. The van der Waals surface area contributed by atoms with Crippen molar-refractivity contribution in [3.05, 3.63) is 131 Å². The van der Waals surface area contributed by atoms with Crippen molar-refractivity contribution in [1.29, 1.82) is 0 Å². The van der Waals surface area contributed by atoms with Crippen LogP contribution in [0.25, 0.3) is 6.08 Å². The van der Waals surface area contributed by atoms with Gasteiger partial charge in [-0.3, -0.25) is 24.4 Å². The number of nitrogens with zero attached hydrogens (tertiary/aromatic N) is 6. The van der Waals surface area contributed by atoms with Crippen LogP contribution in [0.4, 0.5) is 18.9 Å². The van der Waals surface area contributed by atoms with Crippen LogP contribution in [0.2, 0.25) is 0 Å². The lowest BCUT2D eigenvalue weighted by Crippen LogP contribution is -2.51. The van der Waals surface area contributed by atoms with E-state index < -0.39 is 23.8 Å². The summed E-state index contributed by atoms with van der Waals surface area (Å²) in [4.78, 5) is 54.8. The Kier molecular flexibility index (Phi) is 13.3. The largest absolute Gasteiger partial charge is 0.433 e. The monoisotopic (exact) mass is 728 g/mol. The second kappa shape index (κ2) is 18.3. The van der Waals surface area contributed by atoms with Crippen molar-refractivity contribution in [2.24, 2.45) is 0 Å². The number of alkyl halides is 3. The van der Waals surface area contributed by atoms with Crippen molar-refractivity contribution in [2.75, 3.05) is 51.3 Å². The molecule has 3 amide bonds. The second-order valence-electron chi connectivity index (χ2n) is 12.8. The van der Waals surface area contributed by atoms with Crippen LogP contribution in [-0.4, -0.2) is 94.8 Å². The Morgan fingerprint density at radius 1 is 0.887 bits per heavy atom. The summed E-state index contributed by atoms with van der Waals surface area (Å²) < 4.78 is 45.1. The quantitative estimate of drug-likeness (QED) is 0.125. The fourth-order valence-corrected chi connectivity index (χ4v) is 5.97. The smallest absolute Gasteiger partial charge is 0.375 e. The van der Waals surface area contributed by atoms with Gasteiger partial charge in [-0.25, -0.2) is 0 Å². The molecule has 1 aliphatic heterocycles. The van der Waals surface area contributed by atoms with Crippen LogP contribution < -0.4 is 4.90 Å². The maximum absolute atomic E-state index is 14.3. The summed E-state index contributed by atoms with van der Waals surface area (Å²) in [5.41, 5.74) is 2.83. The third kappa shape index (κ3) is 11.2. The highest BCUT2D eigenvalue weighted by Gasteiger charge is 2.33. The lowest BCUT2D eigenvalue weighted by atomic mass is 10.0. The molecule has 0 radical (unpaired) electrons. The predicted molar refractivity (Wildman–Crippen MR) is 195 cm³/mol. The molecule has 10 nitrogen and oxygen atoms in total. The van der Waals surface area contributed by atoms with Crippen LogP contribution >= 0.6 is 0 Å². The molecule has 278 valence electrons. The summed E-state index contributed by atoms with van der Waals surface area (Å²) >= 11 is 0. The van der Waals surface area contributed by atoms with Crippen molar-refractivity contribution in [3.63, 3.8) is 0 Å². The van der Waals surface area contributed by atoms with E-state index in [9.17, 15) is 27.6 Å². The summed E-state index contributed by atoms with van der Waals surface area (Å²) in [6.07, 6.45) is 2.71. The van der Waals surface area contributed by atoms with Gasteiger partial charge in [0.05, 0.1) is 13.2 Å². The fraction of sp³-hybridized carbons (Fsp3) is 0.325. The van der Waals surface area contributed by atoms with E-state index in [1.54, 1.807) is 31.3 Å². The van der Waals surface area contributed by atoms with E-state index in [1.807, 2.05) is 71.6 Å². The first-order chi connectivity index (χ1) is 25.5. The summed E-state index contributed by atoms with van der Waals surface area (Å²) in [5.74, 6) is -0.735. The number of hydrogen-bond acceptors (Lipinski definition) is 7. The molecule has 2 aromatic heterocycles. The number of anilines is 1. The Labute approximate surface area is 307 Å². The highest BCUT2D eigenvalue weighted by molar-refractivity contribution is 5.95. The number of carbonyl (C=O) groups excluding carboxylic acids is 3. The Bertz CT molecular complexity index is 1820. The first-order valence-electron chi connectivity index (χ1n) is 17.3. The highest BCUT2D eigenvalue weighted by atomic mass is 19.4. The molecule has 0 spiro atoms. The summed E-state index contributed by atoms with van der Waals surface area (Å²) in [7, 11) is 1.67. The zero-order chi connectivity index (χ0) is 37.8. The number of ether oxygens (including phenoxy) is 1. The molecule has 0 aliphatic carbocycles. The third-order valence-corrected chi connectivity index (χ3v) is 9.06. The number of pyridine rings is 2. The van der Waals surface area contributed by atoms with Gasteiger partial charge >= 0.3 is 6.18 Å². The molecule has 2 aromatic carbocycles. The minimum atomic E-state index is -4.59. The Morgan fingerprint density at radius 3 is 2.21 bits per heavy atom. The number of carbonyl (C=O) groups is 3. The van der Waals surface area contributed by atoms with E-state index in [4.69, 9.17) is 4.74 Å². The van der Waals surface area contributed by atoms with Crippen LogP contribution in [0.3, 0.4) is 0 Å². The first kappa shape index (κ1) is 38.7. The van der Waals surface area contributed by atoms with Crippen LogP contribution in [0, 0.1) is 0 Å². The number of benzene rings is 2. The van der Waals surface area contributed by atoms with Crippen LogP contribution in [0.5, 0.6) is 0 Å². The maximum Gasteiger partial charge on any atom is 0.433 e. The molecule has 1 fully saturated rings. The summed E-state index contributed by atoms with van der Waals surface area (Å²) in [6, 6.07) is 22.0. The Hall–Kier alpha value is -5.56. The molecule has 1 aliphatic rings. The van der Waals surface area contributed by atoms with E-state index in [1.165, 1.54) is 23.1 Å². The van der Waals surface area contributed by atoms with Crippen LogP contribution in [0.1, 0.15) is 34.9 Å². The van der Waals surface area contributed by atoms with Gasteiger partial charge in [0.15, 0.2) is 0 Å². The molecule has 0 unspecified atom stereocenters. The number of likely N-dealkylation sites (N-methyl/N-ethyl adjacent to an activating group) is 1. The molecule has 3 heterocycles. The average Bonchev–Trinajstić information content (AvgIpc) is 3.17. The van der Waals surface area contributed by atoms with Gasteiger partial charge in [0, 0.05) is 90.0 Å². The lowest BCUT2D eigenvalue weighted by Gasteiger charge is -2.36. The topological polar surface area (TPSA) is 99.2 Å². The molecule has 0 N–H and O–H groups in total. The Balaban J connectivity index is 1.38. The molecule has 53 heavy (non-hydrogen) atoms. The summed E-state index contributed by atoms with van der Waals surface area (Å²) in [5, 5.41) is 0. The average molecular weight is 729 g/mol. The third-order valence-electron chi connectivity index (χ3n) is 9.06. The molecule has 0 bridgehead atoms. The van der Waals surface area contributed by atoms with E-state index >= 15 is 0 Å². The first-order valence-corrected chi connectivity index (χ1v) is 17.3. The van der Waals surface area contributed by atoms with Gasteiger partial charge in [0.1, 0.15) is 11.7 Å². The molecule has 0 saturated carbocycles. The minimum absolute atomic E-state index is 0.0520. The number of piperazine rings is 1. The van der Waals surface area contributed by atoms with Crippen molar-refractivity contribution < 1.29 is 32.3 Å². The van der Waals surface area contributed by atoms with Gasteiger partial charge in [-0.2, -0.15) is 13.2 Å². The second-order valence-corrected chi connectivity index (χ2v) is 12.8. The maximum atomic E-state index is 14.3.